The molecular formula is C17H19N6Se. The molecule has 1 aliphatic heterocycles. The quantitative estimate of drug-likeness (QED) is 0.348. The van der Waals surface area contributed by atoms with Crippen molar-refractivity contribution in [3.63, 3.8) is 0 Å². The van der Waals surface area contributed by atoms with Gasteiger partial charge in [0.2, 0.25) is 0 Å². The van der Waals surface area contributed by atoms with Crippen LogP contribution >= 0.6 is 0 Å². The van der Waals surface area contributed by atoms with E-state index in [0.29, 0.717) is 0 Å². The third kappa shape index (κ3) is 4.19. The van der Waals surface area contributed by atoms with Crippen molar-refractivity contribution >= 4 is 32.3 Å². The van der Waals surface area contributed by atoms with Crippen molar-refractivity contribution in [3.8, 4) is 0 Å². The summed E-state index contributed by atoms with van der Waals surface area (Å²) in [5, 5.41) is 8.61. The van der Waals surface area contributed by atoms with E-state index in [9.17, 15) is 0 Å². The third-order valence-corrected chi connectivity index (χ3v) is 4.56. The Balaban J connectivity index is 1.60. The summed E-state index contributed by atoms with van der Waals surface area (Å²) in [4.78, 5) is 13.2. The molecule has 1 aliphatic rings. The van der Waals surface area contributed by atoms with Gasteiger partial charge in [-0.25, -0.2) is 0 Å². The van der Waals surface area contributed by atoms with Crippen LogP contribution in [0.3, 0.4) is 0 Å². The second kappa shape index (κ2) is 8.04. The van der Waals surface area contributed by atoms with Gasteiger partial charge in [-0.05, 0) is 0 Å². The van der Waals surface area contributed by atoms with Crippen LogP contribution in [0, 0.1) is 0 Å². The normalized spacial score (nSPS) is 16.4. The molecule has 0 aromatic carbocycles. The van der Waals surface area contributed by atoms with E-state index in [-0.39, 0.29) is 0 Å². The summed E-state index contributed by atoms with van der Waals surface area (Å²) < 4.78 is 0.811. The summed E-state index contributed by atoms with van der Waals surface area (Å²) in [7, 11) is 0. The summed E-state index contributed by atoms with van der Waals surface area (Å²) in [5.41, 5.74) is 1.64. The number of hydrogen-bond acceptors (Lipinski definition) is 5. The van der Waals surface area contributed by atoms with Crippen molar-refractivity contribution in [2.24, 2.45) is 10.2 Å². The van der Waals surface area contributed by atoms with Gasteiger partial charge in [0.05, 0.1) is 0 Å². The zero-order valence-corrected chi connectivity index (χ0v) is 15.3. The van der Waals surface area contributed by atoms with Crippen LogP contribution < -0.4 is 4.90 Å². The Labute approximate surface area is 150 Å². The Morgan fingerprint density at radius 2 is 1.67 bits per heavy atom. The average Bonchev–Trinajstić information content (AvgIpc) is 2.67. The van der Waals surface area contributed by atoms with E-state index in [1.807, 2.05) is 49.5 Å². The fourth-order valence-electron chi connectivity index (χ4n) is 2.48. The molecule has 123 valence electrons. The molecule has 0 N–H and O–H groups in total. The van der Waals surface area contributed by atoms with Crippen LogP contribution in [-0.4, -0.2) is 67.5 Å². The van der Waals surface area contributed by atoms with Gasteiger partial charge in [-0.1, -0.05) is 0 Å². The second-order valence-corrected chi connectivity index (χ2v) is 6.21. The molecule has 0 bridgehead atoms. The van der Waals surface area contributed by atoms with Gasteiger partial charge >= 0.3 is 150 Å². The molecule has 0 atom stereocenters. The van der Waals surface area contributed by atoms with Crippen LogP contribution in [0.5, 0.6) is 0 Å². The summed E-state index contributed by atoms with van der Waals surface area (Å²) in [5.74, 6) is 1.03. The molecule has 0 aliphatic carbocycles. The van der Waals surface area contributed by atoms with Crippen LogP contribution in [-0.2, 0) is 0 Å². The number of anilines is 1. The number of aromatic nitrogens is 2. The molecule has 1 saturated heterocycles. The van der Waals surface area contributed by atoms with Crippen LogP contribution in [0.2, 0.25) is 0 Å². The van der Waals surface area contributed by atoms with E-state index in [1.54, 1.807) is 6.20 Å². The van der Waals surface area contributed by atoms with E-state index in [0.717, 1.165) is 48.1 Å². The number of hydrogen-bond donors (Lipinski definition) is 0. The molecular weight excluding hydrogens is 367 g/mol. The second-order valence-electron chi connectivity index (χ2n) is 5.44. The van der Waals surface area contributed by atoms with E-state index in [1.165, 1.54) is 0 Å². The van der Waals surface area contributed by atoms with Crippen LogP contribution in [0.1, 0.15) is 12.6 Å². The number of pyridine rings is 2. The Bertz CT molecular complexity index is 708. The molecule has 2 aromatic rings. The maximum absolute atomic E-state index is 4.41. The predicted molar refractivity (Wildman–Crippen MR) is 97.7 cm³/mol. The van der Waals surface area contributed by atoms with Crippen molar-refractivity contribution in [2.75, 3.05) is 31.1 Å². The molecule has 6 nitrogen and oxygen atoms in total. The molecule has 0 spiro atoms. The van der Waals surface area contributed by atoms with E-state index >= 15 is 0 Å². The molecule has 0 amide bonds. The van der Waals surface area contributed by atoms with Gasteiger partial charge in [0.25, 0.3) is 0 Å². The van der Waals surface area contributed by atoms with Crippen molar-refractivity contribution in [2.45, 2.75) is 6.92 Å². The maximum atomic E-state index is 4.41. The van der Waals surface area contributed by atoms with Gasteiger partial charge in [-0.15, -0.1) is 0 Å². The van der Waals surface area contributed by atoms with Gasteiger partial charge in [-0.3, -0.25) is 0 Å². The number of amidine groups is 1. The van der Waals surface area contributed by atoms with E-state index in [2.05, 4.69) is 46.0 Å². The molecule has 0 unspecified atom stereocenters. The first-order valence-electron chi connectivity index (χ1n) is 7.85. The fourth-order valence-corrected chi connectivity index (χ4v) is 2.95. The molecule has 0 saturated carbocycles. The summed E-state index contributed by atoms with van der Waals surface area (Å²) in [6, 6.07) is 11.8. The van der Waals surface area contributed by atoms with Crippen molar-refractivity contribution < 1.29 is 0 Å². The van der Waals surface area contributed by atoms with Crippen molar-refractivity contribution in [3.05, 3.63) is 54.5 Å². The van der Waals surface area contributed by atoms with E-state index in [4.69, 9.17) is 0 Å². The minimum atomic E-state index is 0.801. The third-order valence-electron chi connectivity index (χ3n) is 3.84. The first-order valence-corrected chi connectivity index (χ1v) is 8.71. The van der Waals surface area contributed by atoms with Crippen LogP contribution in [0.15, 0.2) is 59.0 Å². The van der Waals surface area contributed by atoms with Crippen LogP contribution in [0.25, 0.3) is 0 Å². The molecule has 7 heteroatoms. The molecule has 24 heavy (non-hydrogen) atoms. The van der Waals surface area contributed by atoms with Gasteiger partial charge in [0.1, 0.15) is 0 Å². The van der Waals surface area contributed by atoms with E-state index < -0.39 is 0 Å². The number of rotatable bonds is 3. The predicted octanol–water partition coefficient (Wildman–Crippen LogP) is 1.55. The van der Waals surface area contributed by atoms with Crippen molar-refractivity contribution in [1.82, 2.24) is 14.9 Å². The summed E-state index contributed by atoms with van der Waals surface area (Å²) >= 11 is 3.02. The Hall–Kier alpha value is -2.24. The zero-order valence-electron chi connectivity index (χ0n) is 13.5. The van der Waals surface area contributed by atoms with Gasteiger partial charge < -0.3 is 0 Å². The Morgan fingerprint density at radius 1 is 0.958 bits per heavy atom. The first kappa shape index (κ1) is 16.6. The van der Waals surface area contributed by atoms with Crippen LogP contribution in [0.4, 0.5) is 5.82 Å². The van der Waals surface area contributed by atoms with Gasteiger partial charge in [-0.2, -0.15) is 0 Å². The topological polar surface area (TPSA) is 57.0 Å². The fraction of sp³-hybridized carbons (Fsp3) is 0.294. The number of piperazine rings is 1. The Morgan fingerprint density at radius 3 is 2.29 bits per heavy atom. The first-order chi connectivity index (χ1) is 11.7. The standard InChI is InChI=1S/C17H19N6Se/c1-14(15-6-2-4-8-18-15)20-21-17(24)23-12-10-22(11-13-23)16-7-3-5-9-19-16/h2-9H,10-13H2,1H3. The monoisotopic (exact) mass is 387 g/mol. The average molecular weight is 386 g/mol. The Kier molecular flexibility index (Phi) is 5.56. The summed E-state index contributed by atoms with van der Waals surface area (Å²) in [6.07, 6.45) is 3.59. The summed E-state index contributed by atoms with van der Waals surface area (Å²) in [6.45, 7) is 5.53. The molecule has 1 radical (unpaired) electrons. The SMILES string of the molecule is CC(=NN=C([Se])N1CCN(c2ccccn2)CC1)c1ccccn1. The molecule has 2 aromatic heterocycles. The molecule has 3 rings (SSSR count). The number of nitrogens with zero attached hydrogens (tertiary/aromatic N) is 6. The van der Waals surface area contributed by atoms with Gasteiger partial charge in [0, 0.05) is 0 Å². The van der Waals surface area contributed by atoms with Gasteiger partial charge in [0.15, 0.2) is 0 Å². The van der Waals surface area contributed by atoms with Crippen molar-refractivity contribution in [1.29, 1.82) is 0 Å². The minimum absolute atomic E-state index is 0.801. The zero-order chi connectivity index (χ0) is 16.8. The molecule has 1 fully saturated rings. The molecule has 3 heterocycles.